The number of hydrogen-bond donors (Lipinski definition) is 1. The van der Waals surface area contributed by atoms with Crippen molar-refractivity contribution in [2.75, 3.05) is 7.11 Å². The Hall–Kier alpha value is -3.65. The third-order valence-electron chi connectivity index (χ3n) is 4.32. The largest absolute Gasteiger partial charge is 0.467 e. The standard InChI is InChI=1S/C22H18N2O3/c1-27-22(26)20(13-15-6-4-7-16(12-15)14-23)24-21(25)19-11-5-9-17-8-2-3-10-18(17)19/h2-12,20H,13H2,1H3,(H,24,25)/t20-/m0/s1. The molecule has 0 bridgehead atoms. The number of amides is 1. The minimum Gasteiger partial charge on any atom is -0.467 e. The number of carbonyl (C=O) groups is 2. The van der Waals surface area contributed by atoms with Gasteiger partial charge in [-0.1, -0.05) is 48.5 Å². The van der Waals surface area contributed by atoms with E-state index in [4.69, 9.17) is 10.00 Å². The van der Waals surface area contributed by atoms with Gasteiger partial charge in [0.15, 0.2) is 0 Å². The quantitative estimate of drug-likeness (QED) is 0.710. The molecule has 0 aliphatic carbocycles. The van der Waals surface area contributed by atoms with E-state index in [0.717, 1.165) is 16.3 Å². The van der Waals surface area contributed by atoms with Crippen LogP contribution in [0.25, 0.3) is 10.8 Å². The summed E-state index contributed by atoms with van der Waals surface area (Å²) in [6.45, 7) is 0. The van der Waals surface area contributed by atoms with Gasteiger partial charge in [0.2, 0.25) is 0 Å². The Morgan fingerprint density at radius 3 is 2.59 bits per heavy atom. The molecule has 27 heavy (non-hydrogen) atoms. The summed E-state index contributed by atoms with van der Waals surface area (Å²) in [7, 11) is 1.28. The highest BCUT2D eigenvalue weighted by atomic mass is 16.5. The highest BCUT2D eigenvalue weighted by molar-refractivity contribution is 6.08. The molecular formula is C22H18N2O3. The van der Waals surface area contributed by atoms with E-state index in [-0.39, 0.29) is 12.3 Å². The van der Waals surface area contributed by atoms with Crippen LogP contribution in [0.5, 0.6) is 0 Å². The molecule has 1 atom stereocenters. The number of nitrogens with zero attached hydrogens (tertiary/aromatic N) is 1. The first-order valence-corrected chi connectivity index (χ1v) is 8.48. The second-order valence-corrected chi connectivity index (χ2v) is 6.09. The van der Waals surface area contributed by atoms with E-state index in [2.05, 4.69) is 11.4 Å². The number of ether oxygens (including phenoxy) is 1. The Kier molecular flexibility index (Phi) is 5.48. The molecule has 0 spiro atoms. The molecule has 0 saturated carbocycles. The molecule has 1 N–H and O–H groups in total. The predicted molar refractivity (Wildman–Crippen MR) is 102 cm³/mol. The zero-order chi connectivity index (χ0) is 19.2. The van der Waals surface area contributed by atoms with Crippen molar-refractivity contribution in [1.29, 1.82) is 5.26 Å². The molecule has 3 aromatic carbocycles. The number of fused-ring (bicyclic) bond motifs is 1. The lowest BCUT2D eigenvalue weighted by Crippen LogP contribution is -2.43. The molecule has 3 aromatic rings. The third kappa shape index (κ3) is 4.13. The average molecular weight is 358 g/mol. The fourth-order valence-electron chi connectivity index (χ4n) is 3.00. The summed E-state index contributed by atoms with van der Waals surface area (Å²) in [4.78, 5) is 25.0. The molecule has 0 unspecified atom stereocenters. The molecule has 1 amide bonds. The van der Waals surface area contributed by atoms with Crippen LogP contribution in [0, 0.1) is 11.3 Å². The van der Waals surface area contributed by atoms with Gasteiger partial charge in [-0.25, -0.2) is 4.79 Å². The molecule has 0 fully saturated rings. The smallest absolute Gasteiger partial charge is 0.328 e. The van der Waals surface area contributed by atoms with Crippen molar-refractivity contribution in [3.8, 4) is 6.07 Å². The van der Waals surface area contributed by atoms with Crippen LogP contribution in [0.4, 0.5) is 0 Å². The molecule has 134 valence electrons. The van der Waals surface area contributed by atoms with Crippen LogP contribution >= 0.6 is 0 Å². The van der Waals surface area contributed by atoms with Crippen LogP contribution in [0.2, 0.25) is 0 Å². The van der Waals surface area contributed by atoms with Gasteiger partial charge in [-0.2, -0.15) is 5.26 Å². The number of nitrogens with one attached hydrogen (secondary N) is 1. The first-order chi connectivity index (χ1) is 13.1. The van der Waals surface area contributed by atoms with Gasteiger partial charge in [0.05, 0.1) is 18.7 Å². The van der Waals surface area contributed by atoms with Gasteiger partial charge in [-0.15, -0.1) is 0 Å². The lowest BCUT2D eigenvalue weighted by molar-refractivity contribution is -0.142. The van der Waals surface area contributed by atoms with Crippen LogP contribution in [-0.2, 0) is 16.0 Å². The molecule has 5 nitrogen and oxygen atoms in total. The minimum atomic E-state index is -0.851. The summed E-state index contributed by atoms with van der Waals surface area (Å²) in [5, 5.41) is 13.6. The number of benzene rings is 3. The number of esters is 1. The molecule has 5 heteroatoms. The van der Waals surface area contributed by atoms with Crippen molar-refractivity contribution >= 4 is 22.6 Å². The molecule has 0 radical (unpaired) electrons. The van der Waals surface area contributed by atoms with Crippen LogP contribution in [0.1, 0.15) is 21.5 Å². The van der Waals surface area contributed by atoms with Gasteiger partial charge in [0.25, 0.3) is 5.91 Å². The van der Waals surface area contributed by atoms with E-state index in [1.165, 1.54) is 7.11 Å². The van der Waals surface area contributed by atoms with Crippen molar-refractivity contribution in [3.05, 3.63) is 83.4 Å². The van der Waals surface area contributed by atoms with Crippen molar-refractivity contribution in [2.45, 2.75) is 12.5 Å². The summed E-state index contributed by atoms with van der Waals surface area (Å²) in [5.74, 6) is -0.885. The molecule has 0 aliphatic rings. The topological polar surface area (TPSA) is 79.2 Å². The Balaban J connectivity index is 1.86. The fraction of sp³-hybridized carbons (Fsp3) is 0.136. The monoisotopic (exact) mass is 358 g/mol. The first kappa shape index (κ1) is 18.2. The Bertz CT molecular complexity index is 1030. The zero-order valence-electron chi connectivity index (χ0n) is 14.8. The maximum absolute atomic E-state index is 12.8. The highest BCUT2D eigenvalue weighted by Gasteiger charge is 2.23. The minimum absolute atomic E-state index is 0.235. The van der Waals surface area contributed by atoms with Crippen molar-refractivity contribution in [1.82, 2.24) is 5.32 Å². The summed E-state index contributed by atoms with van der Waals surface area (Å²) in [6.07, 6.45) is 0.235. The highest BCUT2D eigenvalue weighted by Crippen LogP contribution is 2.19. The van der Waals surface area contributed by atoms with Crippen molar-refractivity contribution in [2.24, 2.45) is 0 Å². The van der Waals surface area contributed by atoms with Crippen LogP contribution in [-0.4, -0.2) is 25.0 Å². The van der Waals surface area contributed by atoms with Crippen molar-refractivity contribution in [3.63, 3.8) is 0 Å². The van der Waals surface area contributed by atoms with Crippen molar-refractivity contribution < 1.29 is 14.3 Å². The first-order valence-electron chi connectivity index (χ1n) is 8.48. The second-order valence-electron chi connectivity index (χ2n) is 6.09. The van der Waals surface area contributed by atoms with Gasteiger partial charge in [-0.05, 0) is 34.5 Å². The second kappa shape index (κ2) is 8.15. The van der Waals surface area contributed by atoms with Crippen LogP contribution < -0.4 is 5.32 Å². The number of nitriles is 1. The normalized spacial score (nSPS) is 11.4. The Morgan fingerprint density at radius 2 is 1.81 bits per heavy atom. The van der Waals surface area contributed by atoms with E-state index in [0.29, 0.717) is 11.1 Å². The van der Waals surface area contributed by atoms with Gasteiger partial charge < -0.3 is 10.1 Å². The molecule has 0 aromatic heterocycles. The Morgan fingerprint density at radius 1 is 1.07 bits per heavy atom. The average Bonchev–Trinajstić information content (AvgIpc) is 2.72. The predicted octanol–water partition coefficient (Wildman–Crippen LogP) is 3.23. The number of rotatable bonds is 5. The number of carbonyl (C=O) groups excluding carboxylic acids is 2. The van der Waals surface area contributed by atoms with Gasteiger partial charge in [-0.3, -0.25) is 4.79 Å². The summed E-state index contributed by atoms with van der Waals surface area (Å²) >= 11 is 0. The van der Waals surface area contributed by atoms with Gasteiger partial charge in [0.1, 0.15) is 6.04 Å². The van der Waals surface area contributed by atoms with E-state index in [1.807, 2.05) is 30.3 Å². The zero-order valence-corrected chi connectivity index (χ0v) is 14.8. The summed E-state index contributed by atoms with van der Waals surface area (Å²) < 4.78 is 4.85. The third-order valence-corrected chi connectivity index (χ3v) is 4.32. The molecule has 3 rings (SSSR count). The van der Waals surface area contributed by atoms with Gasteiger partial charge in [0, 0.05) is 12.0 Å². The molecule has 0 saturated heterocycles. The molecular weight excluding hydrogens is 340 g/mol. The lowest BCUT2D eigenvalue weighted by Gasteiger charge is -2.17. The van der Waals surface area contributed by atoms with Gasteiger partial charge >= 0.3 is 5.97 Å². The van der Waals surface area contributed by atoms with E-state index < -0.39 is 12.0 Å². The summed E-state index contributed by atoms with van der Waals surface area (Å²) in [6, 6.07) is 21.2. The van der Waals surface area contributed by atoms with Crippen LogP contribution in [0.3, 0.4) is 0 Å². The lowest BCUT2D eigenvalue weighted by atomic mass is 10.0. The maximum Gasteiger partial charge on any atom is 0.328 e. The summed E-state index contributed by atoms with van der Waals surface area (Å²) in [5.41, 5.74) is 1.76. The van der Waals surface area contributed by atoms with Crippen LogP contribution in [0.15, 0.2) is 66.7 Å². The molecule has 0 heterocycles. The number of methoxy groups -OCH3 is 1. The maximum atomic E-state index is 12.8. The van der Waals surface area contributed by atoms with E-state index >= 15 is 0 Å². The van der Waals surface area contributed by atoms with E-state index in [9.17, 15) is 9.59 Å². The molecule has 0 aliphatic heterocycles. The van der Waals surface area contributed by atoms with E-state index in [1.54, 1.807) is 36.4 Å². The Labute approximate surface area is 157 Å². The SMILES string of the molecule is COC(=O)[C@H](Cc1cccc(C#N)c1)NC(=O)c1cccc2ccccc12. The fourth-order valence-corrected chi connectivity index (χ4v) is 3.00. The number of hydrogen-bond acceptors (Lipinski definition) is 4.